The third-order valence-corrected chi connectivity index (χ3v) is 2.79. The van der Waals surface area contributed by atoms with Crippen LogP contribution in [0.15, 0.2) is 24.3 Å². The van der Waals surface area contributed by atoms with E-state index in [9.17, 15) is 4.79 Å². The topological polar surface area (TPSA) is 41.1 Å². The molecule has 0 aliphatic carbocycles. The van der Waals surface area contributed by atoms with E-state index in [0.717, 1.165) is 0 Å². The summed E-state index contributed by atoms with van der Waals surface area (Å²) in [6, 6.07) is 8.93. The number of aryl methyl sites for hydroxylation is 1. The Morgan fingerprint density at radius 2 is 2.00 bits per heavy atom. The predicted molar refractivity (Wildman–Crippen MR) is 75.5 cm³/mol. The molecule has 3 nitrogen and oxygen atoms in total. The maximum atomic E-state index is 11.5. The fourth-order valence-corrected chi connectivity index (χ4v) is 1.85. The first kappa shape index (κ1) is 14.7. The van der Waals surface area contributed by atoms with Gasteiger partial charge in [-0.25, -0.2) is 0 Å². The average molecular weight is 248 g/mol. The largest absolute Gasteiger partial charge is 0.354 e. The van der Waals surface area contributed by atoms with Gasteiger partial charge >= 0.3 is 0 Å². The molecule has 1 atom stereocenters. The SMILES string of the molecule is Cc1cccc([C@@H](C)NCCC(=O)NC(C)C)c1. The van der Waals surface area contributed by atoms with Crippen molar-refractivity contribution in [2.75, 3.05) is 6.54 Å². The van der Waals surface area contributed by atoms with Crippen molar-refractivity contribution in [2.24, 2.45) is 0 Å². The van der Waals surface area contributed by atoms with E-state index in [4.69, 9.17) is 0 Å². The first-order valence-corrected chi connectivity index (χ1v) is 6.58. The van der Waals surface area contributed by atoms with Crippen LogP contribution >= 0.6 is 0 Å². The van der Waals surface area contributed by atoms with Crippen LogP contribution in [0.25, 0.3) is 0 Å². The van der Waals surface area contributed by atoms with E-state index in [0.29, 0.717) is 13.0 Å². The van der Waals surface area contributed by atoms with Crippen molar-refractivity contribution in [3.05, 3.63) is 35.4 Å². The molecule has 0 aromatic heterocycles. The second-order valence-electron chi connectivity index (χ2n) is 5.06. The molecule has 0 saturated heterocycles. The molecule has 0 heterocycles. The van der Waals surface area contributed by atoms with Crippen LogP contribution in [0.1, 0.15) is 44.4 Å². The summed E-state index contributed by atoms with van der Waals surface area (Å²) in [4.78, 5) is 11.5. The summed E-state index contributed by atoms with van der Waals surface area (Å²) in [5.41, 5.74) is 2.53. The molecule has 1 aromatic rings. The van der Waals surface area contributed by atoms with Crippen LogP contribution < -0.4 is 10.6 Å². The molecular weight excluding hydrogens is 224 g/mol. The quantitative estimate of drug-likeness (QED) is 0.812. The minimum atomic E-state index is 0.106. The van der Waals surface area contributed by atoms with E-state index < -0.39 is 0 Å². The highest BCUT2D eigenvalue weighted by molar-refractivity contribution is 5.76. The van der Waals surface area contributed by atoms with Gasteiger partial charge in [0, 0.05) is 25.0 Å². The average Bonchev–Trinajstić information content (AvgIpc) is 2.27. The highest BCUT2D eigenvalue weighted by Crippen LogP contribution is 2.13. The summed E-state index contributed by atoms with van der Waals surface area (Å²) in [7, 11) is 0. The summed E-state index contributed by atoms with van der Waals surface area (Å²) in [5.74, 6) is 0.106. The first-order chi connectivity index (χ1) is 8.49. The number of benzene rings is 1. The van der Waals surface area contributed by atoms with Gasteiger partial charge in [-0.05, 0) is 33.3 Å². The Balaban J connectivity index is 2.33. The minimum absolute atomic E-state index is 0.106. The summed E-state index contributed by atoms with van der Waals surface area (Å²) in [6.45, 7) is 8.86. The van der Waals surface area contributed by atoms with Gasteiger partial charge in [-0.15, -0.1) is 0 Å². The highest BCUT2D eigenvalue weighted by Gasteiger charge is 2.06. The van der Waals surface area contributed by atoms with Crippen LogP contribution in [0.5, 0.6) is 0 Å². The number of rotatable bonds is 6. The van der Waals surface area contributed by atoms with Gasteiger partial charge in [-0.3, -0.25) is 4.79 Å². The zero-order valence-corrected chi connectivity index (χ0v) is 11.8. The van der Waals surface area contributed by atoms with Crippen LogP contribution in [0, 0.1) is 6.92 Å². The molecule has 0 unspecified atom stereocenters. The summed E-state index contributed by atoms with van der Waals surface area (Å²) < 4.78 is 0. The Morgan fingerprint density at radius 1 is 1.28 bits per heavy atom. The van der Waals surface area contributed by atoms with Gasteiger partial charge in [-0.2, -0.15) is 0 Å². The van der Waals surface area contributed by atoms with E-state index in [1.54, 1.807) is 0 Å². The van der Waals surface area contributed by atoms with Crippen molar-refractivity contribution in [1.29, 1.82) is 0 Å². The summed E-state index contributed by atoms with van der Waals surface area (Å²) in [6.07, 6.45) is 0.522. The molecule has 2 N–H and O–H groups in total. The molecule has 0 aliphatic heterocycles. The zero-order valence-electron chi connectivity index (χ0n) is 11.8. The summed E-state index contributed by atoms with van der Waals surface area (Å²) >= 11 is 0. The van der Waals surface area contributed by atoms with Gasteiger partial charge < -0.3 is 10.6 Å². The third kappa shape index (κ3) is 5.32. The second kappa shape index (κ2) is 7.17. The monoisotopic (exact) mass is 248 g/mol. The maximum absolute atomic E-state index is 11.5. The standard InChI is InChI=1S/C15H24N2O/c1-11(2)17-15(18)8-9-16-13(4)14-7-5-6-12(3)10-14/h5-7,10-11,13,16H,8-9H2,1-4H3,(H,17,18)/t13-/m1/s1. The van der Waals surface area contributed by atoms with Crippen LogP contribution in [0.2, 0.25) is 0 Å². The molecule has 3 heteroatoms. The normalized spacial score (nSPS) is 12.5. The first-order valence-electron chi connectivity index (χ1n) is 6.58. The lowest BCUT2D eigenvalue weighted by Crippen LogP contribution is -2.33. The van der Waals surface area contributed by atoms with Crippen LogP contribution in [-0.4, -0.2) is 18.5 Å². The van der Waals surface area contributed by atoms with Gasteiger partial charge in [0.2, 0.25) is 5.91 Å². The van der Waals surface area contributed by atoms with Crippen molar-refractivity contribution in [2.45, 2.75) is 46.2 Å². The van der Waals surface area contributed by atoms with Gasteiger partial charge in [-0.1, -0.05) is 29.8 Å². The molecule has 0 fully saturated rings. The minimum Gasteiger partial charge on any atom is -0.354 e. The lowest BCUT2D eigenvalue weighted by Gasteiger charge is -2.15. The lowest BCUT2D eigenvalue weighted by atomic mass is 10.1. The van der Waals surface area contributed by atoms with Crippen molar-refractivity contribution >= 4 is 5.91 Å². The van der Waals surface area contributed by atoms with E-state index in [-0.39, 0.29) is 18.0 Å². The molecule has 0 radical (unpaired) electrons. The van der Waals surface area contributed by atoms with Crippen molar-refractivity contribution in [3.8, 4) is 0 Å². The third-order valence-electron chi connectivity index (χ3n) is 2.79. The zero-order chi connectivity index (χ0) is 13.5. The molecule has 18 heavy (non-hydrogen) atoms. The molecule has 1 amide bonds. The summed E-state index contributed by atoms with van der Waals surface area (Å²) in [5, 5.41) is 6.26. The molecule has 100 valence electrons. The van der Waals surface area contributed by atoms with Crippen LogP contribution in [0.3, 0.4) is 0 Å². The molecule has 1 rings (SSSR count). The fraction of sp³-hybridized carbons (Fsp3) is 0.533. The van der Waals surface area contributed by atoms with E-state index >= 15 is 0 Å². The molecular formula is C15H24N2O. The predicted octanol–water partition coefficient (Wildman–Crippen LogP) is 2.56. The number of nitrogens with one attached hydrogen (secondary N) is 2. The lowest BCUT2D eigenvalue weighted by molar-refractivity contribution is -0.121. The van der Waals surface area contributed by atoms with E-state index in [1.807, 2.05) is 13.8 Å². The molecule has 0 saturated carbocycles. The molecule has 1 aromatic carbocycles. The number of carbonyl (C=O) groups excluding carboxylic acids is 1. The number of amides is 1. The Kier molecular flexibility index (Phi) is 5.86. The number of hydrogen-bond donors (Lipinski definition) is 2. The molecule has 0 aliphatic rings. The molecule has 0 spiro atoms. The van der Waals surface area contributed by atoms with Crippen molar-refractivity contribution in [1.82, 2.24) is 10.6 Å². The maximum Gasteiger partial charge on any atom is 0.221 e. The second-order valence-corrected chi connectivity index (χ2v) is 5.06. The van der Waals surface area contributed by atoms with E-state index in [1.165, 1.54) is 11.1 Å². The Bertz CT molecular complexity index is 388. The van der Waals surface area contributed by atoms with Crippen LogP contribution in [-0.2, 0) is 4.79 Å². The van der Waals surface area contributed by atoms with Crippen molar-refractivity contribution in [3.63, 3.8) is 0 Å². The van der Waals surface area contributed by atoms with Gasteiger partial charge in [0.15, 0.2) is 0 Å². The van der Waals surface area contributed by atoms with E-state index in [2.05, 4.69) is 48.7 Å². The van der Waals surface area contributed by atoms with Gasteiger partial charge in [0.05, 0.1) is 0 Å². The highest BCUT2D eigenvalue weighted by atomic mass is 16.1. The van der Waals surface area contributed by atoms with Crippen LogP contribution in [0.4, 0.5) is 0 Å². The number of carbonyl (C=O) groups is 1. The number of hydrogen-bond acceptors (Lipinski definition) is 2. The Labute approximate surface area is 110 Å². The van der Waals surface area contributed by atoms with Gasteiger partial charge in [0.1, 0.15) is 0 Å². The smallest absolute Gasteiger partial charge is 0.221 e. The Morgan fingerprint density at radius 3 is 2.61 bits per heavy atom. The van der Waals surface area contributed by atoms with Gasteiger partial charge in [0.25, 0.3) is 0 Å². The fourth-order valence-electron chi connectivity index (χ4n) is 1.85. The van der Waals surface area contributed by atoms with Crippen molar-refractivity contribution < 1.29 is 4.79 Å². The molecule has 0 bridgehead atoms. The Hall–Kier alpha value is -1.35.